The molecule has 22 heavy (non-hydrogen) atoms. The van der Waals surface area contributed by atoms with Gasteiger partial charge in [-0.1, -0.05) is 35.4 Å². The predicted octanol–water partition coefficient (Wildman–Crippen LogP) is 3.02. The van der Waals surface area contributed by atoms with Crippen LogP contribution < -0.4 is 5.32 Å². The average molecular weight is 295 g/mol. The average Bonchev–Trinajstić information content (AvgIpc) is 2.50. The van der Waals surface area contributed by atoms with Gasteiger partial charge in [0.25, 0.3) is 5.91 Å². The van der Waals surface area contributed by atoms with Crippen molar-refractivity contribution in [3.05, 3.63) is 64.7 Å². The van der Waals surface area contributed by atoms with Crippen LogP contribution in [0.2, 0.25) is 0 Å². The Bertz CT molecular complexity index is 734. The number of hydrogen-bond acceptors (Lipinski definition) is 3. The van der Waals surface area contributed by atoms with Gasteiger partial charge in [0.2, 0.25) is 0 Å². The minimum Gasteiger partial charge on any atom is -0.448 e. The fraction of sp³-hybridized carbons (Fsp3) is 0.222. The number of fused-ring (bicyclic) bond motifs is 1. The van der Waals surface area contributed by atoms with Crippen molar-refractivity contribution < 1.29 is 14.3 Å². The molecule has 2 aromatic rings. The van der Waals surface area contributed by atoms with Crippen molar-refractivity contribution in [2.75, 3.05) is 5.32 Å². The highest BCUT2D eigenvalue weighted by molar-refractivity contribution is 6.00. The fourth-order valence-electron chi connectivity index (χ4n) is 2.50. The van der Waals surface area contributed by atoms with E-state index in [0.29, 0.717) is 17.7 Å². The lowest BCUT2D eigenvalue weighted by Gasteiger charge is -2.24. The van der Waals surface area contributed by atoms with Gasteiger partial charge in [0, 0.05) is 12.1 Å². The van der Waals surface area contributed by atoms with Crippen molar-refractivity contribution in [3.8, 4) is 0 Å². The fourth-order valence-corrected chi connectivity index (χ4v) is 2.50. The topological polar surface area (TPSA) is 55.4 Å². The van der Waals surface area contributed by atoms with Crippen LogP contribution in [0.1, 0.15) is 27.0 Å². The summed E-state index contributed by atoms with van der Waals surface area (Å²) in [6, 6.07) is 13.1. The van der Waals surface area contributed by atoms with E-state index in [9.17, 15) is 9.59 Å². The zero-order chi connectivity index (χ0) is 15.7. The summed E-state index contributed by atoms with van der Waals surface area (Å²) in [4.78, 5) is 24.3. The number of amides is 1. The number of hydrogen-bond donors (Lipinski definition) is 1. The molecule has 2 aromatic carbocycles. The normalized spacial score (nSPS) is 16.6. The highest BCUT2D eigenvalue weighted by Gasteiger charge is 2.31. The summed E-state index contributed by atoms with van der Waals surface area (Å²) in [5.41, 5.74) is 4.22. The Labute approximate surface area is 129 Å². The molecule has 1 amide bonds. The molecule has 0 aromatic heterocycles. The second kappa shape index (κ2) is 5.64. The number of benzene rings is 2. The van der Waals surface area contributed by atoms with Crippen LogP contribution in [0.15, 0.2) is 42.5 Å². The van der Waals surface area contributed by atoms with Gasteiger partial charge in [0.05, 0.1) is 5.56 Å². The van der Waals surface area contributed by atoms with Crippen LogP contribution in [0.25, 0.3) is 0 Å². The quantitative estimate of drug-likeness (QED) is 0.866. The van der Waals surface area contributed by atoms with Crippen molar-refractivity contribution in [2.45, 2.75) is 26.4 Å². The van der Waals surface area contributed by atoms with Crippen LogP contribution >= 0.6 is 0 Å². The Balaban J connectivity index is 1.76. The van der Waals surface area contributed by atoms with Gasteiger partial charge in [-0.2, -0.15) is 0 Å². The van der Waals surface area contributed by atoms with Crippen LogP contribution in [0, 0.1) is 13.8 Å². The summed E-state index contributed by atoms with van der Waals surface area (Å²) >= 11 is 0. The monoisotopic (exact) mass is 295 g/mol. The molecule has 1 N–H and O–H groups in total. The first kappa shape index (κ1) is 14.3. The summed E-state index contributed by atoms with van der Waals surface area (Å²) < 4.78 is 5.27. The third-order valence-corrected chi connectivity index (χ3v) is 3.75. The second-order valence-corrected chi connectivity index (χ2v) is 5.61. The zero-order valence-electron chi connectivity index (χ0n) is 12.6. The molecule has 112 valence electrons. The maximum atomic E-state index is 12.3. The number of ether oxygens (including phenoxy) is 1. The van der Waals surface area contributed by atoms with Gasteiger partial charge in [-0.25, -0.2) is 4.79 Å². The third-order valence-electron chi connectivity index (χ3n) is 3.75. The molecule has 0 unspecified atom stereocenters. The van der Waals surface area contributed by atoms with Crippen LogP contribution in [-0.2, 0) is 16.0 Å². The van der Waals surface area contributed by atoms with Crippen LogP contribution in [0.3, 0.4) is 0 Å². The Morgan fingerprint density at radius 3 is 2.50 bits per heavy atom. The molecule has 1 atom stereocenters. The molecule has 1 aliphatic heterocycles. The Kier molecular flexibility index (Phi) is 3.67. The largest absolute Gasteiger partial charge is 0.448 e. The van der Waals surface area contributed by atoms with Crippen LogP contribution in [0.4, 0.5) is 5.69 Å². The smallest absolute Gasteiger partial charge is 0.339 e. The Morgan fingerprint density at radius 2 is 1.77 bits per heavy atom. The molecule has 0 saturated carbocycles. The van der Waals surface area contributed by atoms with E-state index < -0.39 is 12.1 Å². The minimum atomic E-state index is -0.788. The first-order valence-electron chi connectivity index (χ1n) is 7.21. The predicted molar refractivity (Wildman–Crippen MR) is 83.9 cm³/mol. The van der Waals surface area contributed by atoms with Crippen molar-refractivity contribution in [2.24, 2.45) is 0 Å². The molecule has 1 heterocycles. The molecule has 0 bridgehead atoms. The number of rotatable bonds is 2. The van der Waals surface area contributed by atoms with E-state index in [1.165, 1.54) is 0 Å². The van der Waals surface area contributed by atoms with Gasteiger partial charge >= 0.3 is 5.97 Å². The van der Waals surface area contributed by atoms with E-state index >= 15 is 0 Å². The highest BCUT2D eigenvalue weighted by Crippen LogP contribution is 2.23. The summed E-state index contributed by atoms with van der Waals surface area (Å²) in [5.74, 6) is -0.738. The first-order valence-corrected chi connectivity index (χ1v) is 7.21. The van der Waals surface area contributed by atoms with E-state index in [4.69, 9.17) is 4.74 Å². The lowest BCUT2D eigenvalue weighted by Crippen LogP contribution is -2.38. The van der Waals surface area contributed by atoms with Gasteiger partial charge < -0.3 is 10.1 Å². The van der Waals surface area contributed by atoms with E-state index in [1.807, 2.05) is 50.2 Å². The number of carbonyl (C=O) groups is 2. The molecule has 4 nitrogen and oxygen atoms in total. The van der Waals surface area contributed by atoms with Crippen molar-refractivity contribution in [3.63, 3.8) is 0 Å². The molecule has 1 aliphatic rings. The van der Waals surface area contributed by atoms with Crippen LogP contribution in [-0.4, -0.2) is 18.0 Å². The first-order chi connectivity index (χ1) is 10.5. The molecule has 0 radical (unpaired) electrons. The number of carbonyl (C=O) groups excluding carboxylic acids is 2. The summed E-state index contributed by atoms with van der Waals surface area (Å²) in [6.45, 7) is 3.90. The standard InChI is InChI=1S/C18H17NO3/c1-11-4-7-14(8-5-11)19-17(20)16-10-13-6-3-12(2)9-15(13)18(21)22-16/h3-9,16H,10H2,1-2H3,(H,19,20)/t16-/m0/s1. The van der Waals surface area contributed by atoms with Crippen molar-refractivity contribution in [1.82, 2.24) is 0 Å². The van der Waals surface area contributed by atoms with Gasteiger partial charge in [-0.15, -0.1) is 0 Å². The molecular weight excluding hydrogens is 278 g/mol. The molecular formula is C18H17NO3. The van der Waals surface area contributed by atoms with E-state index in [-0.39, 0.29) is 5.91 Å². The molecule has 4 heteroatoms. The molecule has 0 spiro atoms. The van der Waals surface area contributed by atoms with Gasteiger partial charge in [-0.05, 0) is 37.6 Å². The maximum absolute atomic E-state index is 12.3. The van der Waals surface area contributed by atoms with E-state index in [1.54, 1.807) is 6.07 Å². The molecule has 0 fully saturated rings. The number of anilines is 1. The number of aryl methyl sites for hydroxylation is 2. The number of esters is 1. The minimum absolute atomic E-state index is 0.302. The van der Waals surface area contributed by atoms with Gasteiger partial charge in [-0.3, -0.25) is 4.79 Å². The Hall–Kier alpha value is -2.62. The zero-order valence-corrected chi connectivity index (χ0v) is 12.6. The molecule has 3 rings (SSSR count). The summed E-state index contributed by atoms with van der Waals surface area (Å²) in [6.07, 6.45) is -0.386. The summed E-state index contributed by atoms with van der Waals surface area (Å²) in [7, 11) is 0. The second-order valence-electron chi connectivity index (χ2n) is 5.61. The third kappa shape index (κ3) is 2.86. The summed E-state index contributed by atoms with van der Waals surface area (Å²) in [5, 5.41) is 2.79. The van der Waals surface area contributed by atoms with E-state index in [0.717, 1.165) is 16.7 Å². The Morgan fingerprint density at radius 1 is 1.09 bits per heavy atom. The molecule has 0 saturated heterocycles. The molecule has 0 aliphatic carbocycles. The van der Waals surface area contributed by atoms with E-state index in [2.05, 4.69) is 5.32 Å². The van der Waals surface area contributed by atoms with Crippen molar-refractivity contribution in [1.29, 1.82) is 0 Å². The van der Waals surface area contributed by atoms with Crippen molar-refractivity contribution >= 4 is 17.6 Å². The lowest BCUT2D eigenvalue weighted by atomic mass is 9.96. The SMILES string of the molecule is Cc1ccc(NC(=O)[C@@H]2Cc3ccc(C)cc3C(=O)O2)cc1. The number of nitrogens with one attached hydrogen (secondary N) is 1. The number of cyclic esters (lactones) is 1. The van der Waals surface area contributed by atoms with Gasteiger partial charge in [0.1, 0.15) is 0 Å². The van der Waals surface area contributed by atoms with Crippen LogP contribution in [0.5, 0.6) is 0 Å². The van der Waals surface area contributed by atoms with Gasteiger partial charge in [0.15, 0.2) is 6.10 Å². The highest BCUT2D eigenvalue weighted by atomic mass is 16.5. The maximum Gasteiger partial charge on any atom is 0.339 e. The lowest BCUT2D eigenvalue weighted by molar-refractivity contribution is -0.125.